The van der Waals surface area contributed by atoms with Crippen molar-refractivity contribution in [2.45, 2.75) is 26.8 Å². The molecule has 0 saturated heterocycles. The van der Waals surface area contributed by atoms with Crippen LogP contribution in [0.15, 0.2) is 36.4 Å². The Kier molecular flexibility index (Phi) is 4.50. The van der Waals surface area contributed by atoms with Crippen LogP contribution >= 0.6 is 0 Å². The standard InChI is InChI=1S/C17H19F2N/c1-4-20-12(3)13-5-7-14(8-6-13)15-9-11(2)16(18)10-17(15)19/h5-10,12,20H,4H2,1-3H3. The number of rotatable bonds is 4. The highest BCUT2D eigenvalue weighted by molar-refractivity contribution is 5.65. The van der Waals surface area contributed by atoms with Crippen LogP contribution in [-0.4, -0.2) is 6.54 Å². The van der Waals surface area contributed by atoms with Crippen molar-refractivity contribution in [2.24, 2.45) is 0 Å². The number of hydrogen-bond donors (Lipinski definition) is 1. The van der Waals surface area contributed by atoms with Gasteiger partial charge in [-0.3, -0.25) is 0 Å². The predicted octanol–water partition coefficient (Wildman–Crippen LogP) is 4.61. The Labute approximate surface area is 118 Å². The molecule has 0 aromatic heterocycles. The Hall–Kier alpha value is -1.74. The number of aryl methyl sites for hydroxylation is 1. The summed E-state index contributed by atoms with van der Waals surface area (Å²) < 4.78 is 27.1. The number of benzene rings is 2. The van der Waals surface area contributed by atoms with Gasteiger partial charge in [0.25, 0.3) is 0 Å². The van der Waals surface area contributed by atoms with E-state index in [0.717, 1.165) is 23.7 Å². The van der Waals surface area contributed by atoms with E-state index < -0.39 is 11.6 Å². The van der Waals surface area contributed by atoms with Gasteiger partial charge in [0.05, 0.1) is 0 Å². The fourth-order valence-corrected chi connectivity index (χ4v) is 2.25. The molecular weight excluding hydrogens is 256 g/mol. The molecule has 0 fully saturated rings. The minimum absolute atomic E-state index is 0.258. The van der Waals surface area contributed by atoms with Crippen molar-refractivity contribution >= 4 is 0 Å². The van der Waals surface area contributed by atoms with Crippen molar-refractivity contribution in [1.82, 2.24) is 5.32 Å². The number of hydrogen-bond acceptors (Lipinski definition) is 1. The number of nitrogens with one attached hydrogen (secondary N) is 1. The first-order valence-corrected chi connectivity index (χ1v) is 6.82. The summed E-state index contributed by atoms with van der Waals surface area (Å²) in [7, 11) is 0. The average molecular weight is 275 g/mol. The predicted molar refractivity (Wildman–Crippen MR) is 78.6 cm³/mol. The van der Waals surface area contributed by atoms with Gasteiger partial charge in [-0.25, -0.2) is 8.78 Å². The van der Waals surface area contributed by atoms with Gasteiger partial charge in [0.1, 0.15) is 11.6 Å². The molecule has 0 aliphatic heterocycles. The topological polar surface area (TPSA) is 12.0 Å². The lowest BCUT2D eigenvalue weighted by molar-refractivity contribution is 0.579. The zero-order valence-electron chi connectivity index (χ0n) is 12.0. The first kappa shape index (κ1) is 14.7. The molecule has 1 N–H and O–H groups in total. The van der Waals surface area contributed by atoms with E-state index in [4.69, 9.17) is 0 Å². The fraction of sp³-hybridized carbons (Fsp3) is 0.294. The molecule has 106 valence electrons. The van der Waals surface area contributed by atoms with Crippen molar-refractivity contribution in [3.05, 3.63) is 59.2 Å². The summed E-state index contributed by atoms with van der Waals surface area (Å²) in [4.78, 5) is 0. The molecule has 0 aliphatic carbocycles. The average Bonchev–Trinajstić information content (AvgIpc) is 2.43. The van der Waals surface area contributed by atoms with E-state index in [9.17, 15) is 8.78 Å². The second-order valence-electron chi connectivity index (χ2n) is 4.98. The molecule has 0 amide bonds. The van der Waals surface area contributed by atoms with Crippen LogP contribution in [-0.2, 0) is 0 Å². The fourth-order valence-electron chi connectivity index (χ4n) is 2.25. The van der Waals surface area contributed by atoms with E-state index in [-0.39, 0.29) is 6.04 Å². The van der Waals surface area contributed by atoms with Crippen molar-refractivity contribution in [2.75, 3.05) is 6.54 Å². The molecule has 0 bridgehead atoms. The molecule has 1 nitrogen and oxygen atoms in total. The molecule has 2 aromatic carbocycles. The minimum Gasteiger partial charge on any atom is -0.310 e. The highest BCUT2D eigenvalue weighted by atomic mass is 19.1. The summed E-state index contributed by atoms with van der Waals surface area (Å²) in [5.74, 6) is -1.04. The molecule has 2 aromatic rings. The highest BCUT2D eigenvalue weighted by Gasteiger charge is 2.10. The van der Waals surface area contributed by atoms with E-state index in [1.165, 1.54) is 0 Å². The van der Waals surface area contributed by atoms with E-state index >= 15 is 0 Å². The number of halogens is 2. The smallest absolute Gasteiger partial charge is 0.133 e. The van der Waals surface area contributed by atoms with Crippen LogP contribution in [0.25, 0.3) is 11.1 Å². The maximum Gasteiger partial charge on any atom is 0.133 e. The third kappa shape index (κ3) is 3.05. The Morgan fingerprint density at radius 3 is 2.30 bits per heavy atom. The summed E-state index contributed by atoms with van der Waals surface area (Å²) in [6.07, 6.45) is 0. The van der Waals surface area contributed by atoms with Crippen LogP contribution in [0.2, 0.25) is 0 Å². The first-order chi connectivity index (χ1) is 9.52. The summed E-state index contributed by atoms with van der Waals surface area (Å²) in [6.45, 7) is 6.68. The second kappa shape index (κ2) is 6.14. The van der Waals surface area contributed by atoms with Crippen LogP contribution in [0.3, 0.4) is 0 Å². The third-order valence-corrected chi connectivity index (χ3v) is 3.48. The molecule has 1 unspecified atom stereocenters. The van der Waals surface area contributed by atoms with Gasteiger partial charge in [-0.1, -0.05) is 31.2 Å². The maximum atomic E-state index is 13.8. The van der Waals surface area contributed by atoms with Crippen molar-refractivity contribution in [3.63, 3.8) is 0 Å². The van der Waals surface area contributed by atoms with Gasteiger partial charge >= 0.3 is 0 Å². The van der Waals surface area contributed by atoms with Crippen LogP contribution in [0.5, 0.6) is 0 Å². The summed E-state index contributed by atoms with van der Waals surface area (Å²) >= 11 is 0. The van der Waals surface area contributed by atoms with Gasteiger partial charge in [-0.15, -0.1) is 0 Å². The van der Waals surface area contributed by atoms with E-state index in [1.54, 1.807) is 13.0 Å². The van der Waals surface area contributed by atoms with E-state index in [1.807, 2.05) is 24.3 Å². The lowest BCUT2D eigenvalue weighted by Crippen LogP contribution is -2.17. The molecule has 1 atom stereocenters. The quantitative estimate of drug-likeness (QED) is 0.859. The van der Waals surface area contributed by atoms with E-state index in [2.05, 4.69) is 19.2 Å². The van der Waals surface area contributed by atoms with Gasteiger partial charge in [0.15, 0.2) is 0 Å². The van der Waals surface area contributed by atoms with E-state index in [0.29, 0.717) is 11.1 Å². The van der Waals surface area contributed by atoms with Gasteiger partial charge in [0, 0.05) is 17.7 Å². The molecule has 0 heterocycles. The van der Waals surface area contributed by atoms with Crippen molar-refractivity contribution in [1.29, 1.82) is 0 Å². The summed E-state index contributed by atoms with van der Waals surface area (Å²) in [6, 6.07) is 10.4. The molecule has 20 heavy (non-hydrogen) atoms. The summed E-state index contributed by atoms with van der Waals surface area (Å²) in [5.41, 5.74) is 2.80. The van der Waals surface area contributed by atoms with Gasteiger partial charge < -0.3 is 5.32 Å². The second-order valence-corrected chi connectivity index (χ2v) is 4.98. The van der Waals surface area contributed by atoms with Crippen molar-refractivity contribution in [3.8, 4) is 11.1 Å². The van der Waals surface area contributed by atoms with Gasteiger partial charge in [-0.05, 0) is 43.1 Å². The Morgan fingerprint density at radius 1 is 1.05 bits per heavy atom. The first-order valence-electron chi connectivity index (χ1n) is 6.82. The van der Waals surface area contributed by atoms with Gasteiger partial charge in [0.2, 0.25) is 0 Å². The largest absolute Gasteiger partial charge is 0.310 e. The third-order valence-electron chi connectivity index (χ3n) is 3.48. The minimum atomic E-state index is -0.527. The molecule has 0 saturated carbocycles. The lowest BCUT2D eigenvalue weighted by Gasteiger charge is -2.13. The Morgan fingerprint density at radius 2 is 1.70 bits per heavy atom. The molecule has 0 radical (unpaired) electrons. The van der Waals surface area contributed by atoms with Crippen molar-refractivity contribution < 1.29 is 8.78 Å². The Balaban J connectivity index is 2.33. The molecule has 0 spiro atoms. The van der Waals surface area contributed by atoms with Crippen LogP contribution < -0.4 is 5.32 Å². The zero-order chi connectivity index (χ0) is 14.7. The SMILES string of the molecule is CCNC(C)c1ccc(-c2cc(C)c(F)cc2F)cc1. The summed E-state index contributed by atoms with van der Waals surface area (Å²) in [5, 5.41) is 3.33. The molecule has 0 aliphatic rings. The monoisotopic (exact) mass is 275 g/mol. The molecule has 2 rings (SSSR count). The van der Waals surface area contributed by atoms with Crippen LogP contribution in [0.4, 0.5) is 8.78 Å². The Bertz CT molecular complexity index is 591. The normalized spacial score (nSPS) is 12.4. The highest BCUT2D eigenvalue weighted by Crippen LogP contribution is 2.26. The van der Waals surface area contributed by atoms with Gasteiger partial charge in [-0.2, -0.15) is 0 Å². The van der Waals surface area contributed by atoms with Crippen LogP contribution in [0, 0.1) is 18.6 Å². The molecular formula is C17H19F2N. The lowest BCUT2D eigenvalue weighted by atomic mass is 9.99. The maximum absolute atomic E-state index is 13.8. The molecule has 3 heteroatoms. The zero-order valence-corrected chi connectivity index (χ0v) is 12.0. The van der Waals surface area contributed by atoms with Crippen LogP contribution in [0.1, 0.15) is 31.0 Å².